The molecule has 0 aliphatic rings. The Kier molecular flexibility index (Phi) is 805. The second-order valence-corrected chi connectivity index (χ2v) is 5.74. The molecule has 0 N–H and O–H groups in total. The van der Waals surface area contributed by atoms with Crippen LogP contribution in [-0.4, -0.2) is 97.8 Å². The third-order valence-electron chi connectivity index (χ3n) is 0.283. The Hall–Kier alpha value is 2.49. The van der Waals surface area contributed by atoms with Crippen LogP contribution in [0, 0.1) is 0 Å². The summed E-state index contributed by atoms with van der Waals surface area (Å²) in [4.78, 5) is 0. The maximum atomic E-state index is 10.7. The average molecular weight is 1090 g/mol. The van der Waals surface area contributed by atoms with E-state index >= 15 is 0 Å². The SMILES string of the molecule is CC[O-].CC[O-].CC[O-].CC[O-].CC[O-].CC[O-].CC[O-].CC[O-].CC[O-].CC[O-].CC[O-].CC[O-].O=S(=O)([O-])C(F)(F)F.[O-2].[O-2].[O-2].[O-2].[O-2].[O-2].[V+4].[V+4].[V+4].[V+4].[V+4].[V]. The predicted octanol–water partition coefficient (Wildman–Crippen LogP) is -8.28. The molecule has 0 rings (SSSR count). The molecule has 0 saturated carbocycles. The molecule has 0 bridgehead atoms. The van der Waals surface area contributed by atoms with Crippen molar-refractivity contribution in [2.45, 2.75) is 88.6 Å². The zero-order valence-corrected chi connectivity index (χ0v) is 43.0. The molecular weight excluding hydrogens is 1030 g/mol. The van der Waals surface area contributed by atoms with Gasteiger partial charge in [0.15, 0.2) is 10.1 Å². The Labute approximate surface area is 406 Å². The van der Waals surface area contributed by atoms with Gasteiger partial charge in [-0.15, -0.1) is 79.3 Å². The summed E-state index contributed by atoms with van der Waals surface area (Å²) in [6.45, 7) is 18.8. The van der Waals surface area contributed by atoms with Gasteiger partial charge in [0.25, 0.3) is 0 Å². The van der Waals surface area contributed by atoms with Gasteiger partial charge in [-0.25, -0.2) is 8.42 Å². The molecule has 21 nitrogen and oxygen atoms in total. The van der Waals surface area contributed by atoms with Crippen LogP contribution in [0.15, 0.2) is 0 Å². The minimum absolute atomic E-state index is 0. The summed E-state index contributed by atoms with van der Waals surface area (Å²) in [5.41, 5.74) is -5.65. The molecule has 348 valence electrons. The third-order valence-corrected chi connectivity index (χ3v) is 0.850. The van der Waals surface area contributed by atoms with Crippen molar-refractivity contribution in [1.29, 1.82) is 0 Å². The molecule has 0 aromatic rings. The van der Waals surface area contributed by atoms with E-state index in [9.17, 15) is 13.2 Å². The Balaban J connectivity index is -0.00000000807. The Morgan fingerprint density at radius 2 is 0.339 bits per heavy atom. The fourth-order valence-corrected chi connectivity index (χ4v) is 0. The van der Waals surface area contributed by atoms with Crippen LogP contribution >= 0.6 is 0 Å². The van der Waals surface area contributed by atoms with E-state index < -0.39 is 15.6 Å². The van der Waals surface area contributed by atoms with Crippen molar-refractivity contribution in [2.24, 2.45) is 0 Å². The van der Waals surface area contributed by atoms with Gasteiger partial charge in [0.2, 0.25) is 0 Å². The van der Waals surface area contributed by atoms with E-state index in [-0.39, 0.29) is 223 Å². The van der Waals surface area contributed by atoms with Gasteiger partial charge >= 0.3 is 98.3 Å². The molecule has 0 amide bonds. The van der Waals surface area contributed by atoms with Crippen molar-refractivity contribution in [3.8, 4) is 0 Å². The molecule has 0 saturated heterocycles. The van der Waals surface area contributed by atoms with Crippen molar-refractivity contribution in [2.75, 3.05) is 79.3 Å². The molecule has 0 fully saturated rings. The molecule has 0 spiro atoms. The van der Waals surface area contributed by atoms with Gasteiger partial charge in [0.1, 0.15) is 0 Å². The largest absolute Gasteiger partial charge is 4.00 e. The van der Waals surface area contributed by atoms with E-state index in [1.165, 1.54) is 0 Å². The quantitative estimate of drug-likeness (QED) is 0.161. The fraction of sp³-hybridized carbons (Fsp3) is 1.00. The van der Waals surface area contributed by atoms with Crippen LogP contribution in [0.3, 0.4) is 0 Å². The first-order valence-corrected chi connectivity index (χ1v) is 14.6. The van der Waals surface area contributed by atoms with Crippen molar-refractivity contribution in [3.05, 3.63) is 0 Å². The first-order chi connectivity index (χ1) is 20.2. The van der Waals surface area contributed by atoms with Gasteiger partial charge in [0, 0.05) is 18.6 Å². The van der Waals surface area contributed by atoms with Crippen molar-refractivity contribution >= 4 is 10.1 Å². The van der Waals surface area contributed by atoms with Crippen molar-refractivity contribution in [1.82, 2.24) is 0 Å². The Morgan fingerprint density at radius 1 is 0.321 bits per heavy atom. The topological polar surface area (TPSA) is 505 Å². The fourth-order valence-electron chi connectivity index (χ4n) is 0. The third kappa shape index (κ3) is 1320. The summed E-state index contributed by atoms with van der Waals surface area (Å²) >= 11 is 0. The first-order valence-electron chi connectivity index (χ1n) is 13.2. The van der Waals surface area contributed by atoms with E-state index in [2.05, 4.69) is 0 Å². The van der Waals surface area contributed by atoms with Crippen LogP contribution in [0.25, 0.3) is 0 Å². The van der Waals surface area contributed by atoms with Gasteiger partial charge < -0.3 is 98.7 Å². The normalized spacial score (nSPS) is 5.86. The van der Waals surface area contributed by atoms with E-state index in [1.54, 1.807) is 83.1 Å². The minimum atomic E-state index is -6.09. The first kappa shape index (κ1) is 172. The van der Waals surface area contributed by atoms with Gasteiger partial charge in [0.05, 0.1) is 0 Å². The summed E-state index contributed by atoms with van der Waals surface area (Å²) in [5, 5.41) is 107. The molecule has 0 heterocycles. The number of halogens is 3. The molecular formula is C25H60F3O21SV6-5. The van der Waals surface area contributed by atoms with Crippen LogP contribution in [0.1, 0.15) is 83.1 Å². The monoisotopic (exact) mass is 1090 g/mol. The number of alkyl halides is 3. The van der Waals surface area contributed by atoms with Crippen LogP contribution in [0.2, 0.25) is 0 Å². The summed E-state index contributed by atoms with van der Waals surface area (Å²) < 4.78 is 58.9. The second-order valence-electron chi connectivity index (χ2n) is 4.36. The molecule has 0 atom stereocenters. The van der Waals surface area contributed by atoms with Crippen LogP contribution in [-0.2, 0) is 154 Å². The average Bonchev–Trinajstić information content (AvgIpc) is 2.84. The van der Waals surface area contributed by atoms with Crippen molar-refractivity contribution < 1.29 is 232 Å². The predicted molar refractivity (Wildman–Crippen MR) is 146 cm³/mol. The maximum Gasteiger partial charge on any atom is 4.00 e. The molecule has 56 heavy (non-hydrogen) atoms. The van der Waals surface area contributed by atoms with Crippen LogP contribution in [0.5, 0.6) is 0 Å². The maximum absolute atomic E-state index is 10.7. The van der Waals surface area contributed by atoms with E-state index in [1.807, 2.05) is 0 Å². The molecule has 6 radical (unpaired) electrons. The molecule has 31 heteroatoms. The van der Waals surface area contributed by atoms with E-state index in [4.69, 9.17) is 74.2 Å². The molecule has 0 unspecified atom stereocenters. The smallest absolute Gasteiger partial charge is 2.00 e. The molecule has 0 aliphatic carbocycles. The van der Waals surface area contributed by atoms with Gasteiger partial charge in [-0.2, -0.15) is 13.2 Å². The van der Waals surface area contributed by atoms with Gasteiger partial charge in [-0.1, -0.05) is 83.1 Å². The summed E-state index contributed by atoms with van der Waals surface area (Å²) in [7, 11) is -6.09. The number of hydrogen-bond donors (Lipinski definition) is 0. The summed E-state index contributed by atoms with van der Waals surface area (Å²) in [6.07, 6.45) is 0. The van der Waals surface area contributed by atoms with Crippen LogP contribution in [0.4, 0.5) is 13.2 Å². The Bertz CT molecular complexity index is 351. The zero-order valence-electron chi connectivity index (χ0n) is 33.8. The van der Waals surface area contributed by atoms with Gasteiger partial charge in [-0.05, 0) is 0 Å². The minimum Gasteiger partial charge on any atom is -2.00 e. The summed E-state index contributed by atoms with van der Waals surface area (Å²) in [5.74, 6) is 0. The Morgan fingerprint density at radius 3 is 0.339 bits per heavy atom. The second kappa shape index (κ2) is 261. The van der Waals surface area contributed by atoms with E-state index in [0.29, 0.717) is 0 Å². The van der Waals surface area contributed by atoms with E-state index in [0.717, 1.165) is 0 Å². The van der Waals surface area contributed by atoms with Crippen LogP contribution < -0.4 is 61.3 Å². The number of rotatable bonds is 0. The standard InChI is InChI=1S/12C2H5O.CHF3O3S.6O.6V/c12*1-2-3;2-1(3,4)8(5,6)7;;;;;;;;;;;;/h12*2H2,1H3;(H,5,6,7);;;;;;;;;;;;/q12*-1;;6*-2;;5*+4/p-1. The van der Waals surface area contributed by atoms with Crippen molar-refractivity contribution in [3.63, 3.8) is 0 Å². The molecule has 0 aliphatic heterocycles. The van der Waals surface area contributed by atoms with Gasteiger partial charge in [-0.3, -0.25) is 0 Å². The zero-order chi connectivity index (χ0) is 39.5. The molecule has 0 aromatic carbocycles. The summed E-state index contributed by atoms with van der Waals surface area (Å²) in [6, 6.07) is 0. The number of hydrogen-bond acceptors (Lipinski definition) is 15. The molecule has 0 aromatic heterocycles.